The zero-order chi connectivity index (χ0) is 29.2. The summed E-state index contributed by atoms with van der Waals surface area (Å²) < 4.78 is 1.87. The van der Waals surface area contributed by atoms with Gasteiger partial charge in [-0.15, -0.1) is 0 Å². The first kappa shape index (κ1) is 27.5. The molecular formula is C31H35N9O2. The van der Waals surface area contributed by atoms with Crippen molar-refractivity contribution in [2.24, 2.45) is 0 Å². The molecule has 0 unspecified atom stereocenters. The number of carbonyl (C=O) groups excluding carboxylic acids is 2. The van der Waals surface area contributed by atoms with Crippen LogP contribution in [-0.2, 0) is 11.2 Å². The summed E-state index contributed by atoms with van der Waals surface area (Å²) in [5.41, 5.74) is 9.97. The van der Waals surface area contributed by atoms with Gasteiger partial charge in [0.05, 0.1) is 11.4 Å². The van der Waals surface area contributed by atoms with Crippen molar-refractivity contribution in [2.45, 2.75) is 44.7 Å². The van der Waals surface area contributed by atoms with Crippen LogP contribution in [0.4, 0.5) is 11.6 Å². The number of nitrogens with zero attached hydrogens (tertiary/aromatic N) is 7. The molecule has 6 rings (SSSR count). The van der Waals surface area contributed by atoms with Gasteiger partial charge in [0, 0.05) is 49.1 Å². The molecule has 1 aliphatic heterocycles. The van der Waals surface area contributed by atoms with Crippen molar-refractivity contribution in [3.05, 3.63) is 72.2 Å². The summed E-state index contributed by atoms with van der Waals surface area (Å²) in [6.07, 6.45) is 10.9. The Hall–Kier alpha value is -4.64. The highest BCUT2D eigenvalue weighted by atomic mass is 16.2. The van der Waals surface area contributed by atoms with Crippen molar-refractivity contribution in [3.8, 4) is 11.3 Å². The Morgan fingerprint density at radius 2 is 1.93 bits per heavy atom. The summed E-state index contributed by atoms with van der Waals surface area (Å²) in [4.78, 5) is 42.9. The molecule has 0 bridgehead atoms. The number of pyridine rings is 1. The summed E-state index contributed by atoms with van der Waals surface area (Å²) in [5.74, 6) is 0.615. The van der Waals surface area contributed by atoms with E-state index < -0.39 is 0 Å². The molecule has 42 heavy (non-hydrogen) atoms. The number of amides is 2. The van der Waals surface area contributed by atoms with Gasteiger partial charge in [-0.2, -0.15) is 5.10 Å². The molecule has 1 aliphatic carbocycles. The minimum atomic E-state index is -0.246. The predicted molar refractivity (Wildman–Crippen MR) is 162 cm³/mol. The van der Waals surface area contributed by atoms with Crippen LogP contribution in [0.1, 0.15) is 48.1 Å². The summed E-state index contributed by atoms with van der Waals surface area (Å²) in [7, 11) is 2.10. The number of benzene rings is 1. The number of hydrogen-bond acceptors (Lipinski definition) is 8. The second-order valence-corrected chi connectivity index (χ2v) is 11.0. The molecule has 0 spiro atoms. The number of rotatable bonds is 9. The second-order valence-electron chi connectivity index (χ2n) is 11.0. The number of hydrogen-bond donors (Lipinski definition) is 2. The highest BCUT2D eigenvalue weighted by molar-refractivity contribution is 6.04. The van der Waals surface area contributed by atoms with E-state index in [9.17, 15) is 9.59 Å². The van der Waals surface area contributed by atoms with Crippen molar-refractivity contribution in [2.75, 3.05) is 37.7 Å². The van der Waals surface area contributed by atoms with Gasteiger partial charge in [0.15, 0.2) is 5.65 Å². The number of anilines is 2. The predicted octanol–water partition coefficient (Wildman–Crippen LogP) is 3.71. The molecule has 1 atom stereocenters. The molecule has 1 aromatic carbocycles. The van der Waals surface area contributed by atoms with Crippen LogP contribution in [0.15, 0.2) is 61.1 Å². The lowest BCUT2D eigenvalue weighted by molar-refractivity contribution is -0.125. The zero-order valence-corrected chi connectivity index (χ0v) is 23.9. The van der Waals surface area contributed by atoms with E-state index in [1.54, 1.807) is 24.4 Å². The lowest BCUT2D eigenvalue weighted by Crippen LogP contribution is -2.28. The van der Waals surface area contributed by atoms with Gasteiger partial charge in [-0.25, -0.2) is 19.6 Å². The SMILES string of the molecule is CCc1ccnc(NC(=O)c2ccc(-c3nn([C@@H]4CCN(C(=O)C=CCN(C)C5CC5)C4)c4ncnc(N)c34)cc2)c1. The van der Waals surface area contributed by atoms with E-state index in [0.717, 1.165) is 30.5 Å². The molecule has 11 nitrogen and oxygen atoms in total. The number of likely N-dealkylation sites (tertiary alicyclic amines) is 1. The Morgan fingerprint density at radius 3 is 2.69 bits per heavy atom. The third kappa shape index (κ3) is 5.73. The minimum absolute atomic E-state index is 0.0120. The average Bonchev–Trinajstić information content (AvgIpc) is 3.61. The average molecular weight is 566 g/mol. The first-order valence-corrected chi connectivity index (χ1v) is 14.4. The third-order valence-electron chi connectivity index (χ3n) is 8.06. The molecule has 1 saturated carbocycles. The van der Waals surface area contributed by atoms with Crippen LogP contribution in [-0.4, -0.2) is 79.1 Å². The van der Waals surface area contributed by atoms with Crippen LogP contribution in [0, 0.1) is 0 Å². The number of fused-ring (bicyclic) bond motifs is 1. The molecule has 4 aromatic rings. The quantitative estimate of drug-likeness (QED) is 0.293. The summed E-state index contributed by atoms with van der Waals surface area (Å²) in [6.45, 7) is 4.01. The van der Waals surface area contributed by atoms with Gasteiger partial charge in [0.25, 0.3) is 5.91 Å². The molecule has 0 radical (unpaired) electrons. The fourth-order valence-corrected chi connectivity index (χ4v) is 5.41. The Kier molecular flexibility index (Phi) is 7.66. The number of nitrogen functional groups attached to an aromatic ring is 1. The van der Waals surface area contributed by atoms with Gasteiger partial charge in [-0.3, -0.25) is 14.5 Å². The highest BCUT2D eigenvalue weighted by Crippen LogP contribution is 2.34. The van der Waals surface area contributed by atoms with E-state index in [-0.39, 0.29) is 17.9 Å². The standard InChI is InChI=1S/C31H35N9O2/c1-3-20-12-14-33-25(17-20)36-31(42)22-8-6-21(7-9-22)28-27-29(32)34-19-35-30(27)40(37-28)24-13-16-39(18-24)26(41)5-4-15-38(2)23-10-11-23/h4-9,12,14,17,19,23-24H,3,10-11,13,15-16,18H2,1-2H3,(H2,32,34,35)(H,33,36,42)/t24-/m1/s1. The maximum Gasteiger partial charge on any atom is 0.256 e. The van der Waals surface area contributed by atoms with Crippen molar-refractivity contribution in [1.82, 2.24) is 34.5 Å². The van der Waals surface area contributed by atoms with E-state index in [0.29, 0.717) is 53.1 Å². The minimum Gasteiger partial charge on any atom is -0.383 e. The van der Waals surface area contributed by atoms with E-state index in [1.165, 1.54) is 19.2 Å². The van der Waals surface area contributed by atoms with E-state index in [2.05, 4.69) is 39.1 Å². The fourth-order valence-electron chi connectivity index (χ4n) is 5.41. The van der Waals surface area contributed by atoms with Crippen LogP contribution in [0.3, 0.4) is 0 Å². The normalized spacial score (nSPS) is 17.0. The Bertz CT molecular complexity index is 1640. The zero-order valence-electron chi connectivity index (χ0n) is 23.9. The topological polar surface area (TPSA) is 135 Å². The number of aromatic nitrogens is 5. The van der Waals surface area contributed by atoms with Crippen LogP contribution in [0.25, 0.3) is 22.3 Å². The first-order valence-electron chi connectivity index (χ1n) is 14.4. The molecule has 2 aliphatic rings. The van der Waals surface area contributed by atoms with Crippen LogP contribution in [0.5, 0.6) is 0 Å². The van der Waals surface area contributed by atoms with Gasteiger partial charge >= 0.3 is 0 Å². The monoisotopic (exact) mass is 565 g/mol. The number of nitrogens with one attached hydrogen (secondary N) is 1. The molecule has 3 aromatic heterocycles. The van der Waals surface area contributed by atoms with E-state index in [4.69, 9.17) is 10.8 Å². The molecule has 216 valence electrons. The first-order chi connectivity index (χ1) is 20.4. The molecule has 11 heteroatoms. The number of carbonyl (C=O) groups is 2. The largest absolute Gasteiger partial charge is 0.383 e. The van der Waals surface area contributed by atoms with Crippen molar-refractivity contribution in [3.63, 3.8) is 0 Å². The van der Waals surface area contributed by atoms with E-state index >= 15 is 0 Å². The van der Waals surface area contributed by atoms with Gasteiger partial charge in [0.1, 0.15) is 23.7 Å². The third-order valence-corrected chi connectivity index (χ3v) is 8.06. The van der Waals surface area contributed by atoms with Gasteiger partial charge < -0.3 is 16.0 Å². The maximum absolute atomic E-state index is 12.9. The smallest absolute Gasteiger partial charge is 0.256 e. The summed E-state index contributed by atoms with van der Waals surface area (Å²) >= 11 is 0. The van der Waals surface area contributed by atoms with Crippen LogP contribution in [0.2, 0.25) is 0 Å². The van der Waals surface area contributed by atoms with Gasteiger partial charge in [-0.05, 0) is 62.6 Å². The van der Waals surface area contributed by atoms with Crippen molar-refractivity contribution >= 4 is 34.5 Å². The summed E-state index contributed by atoms with van der Waals surface area (Å²) in [5, 5.41) is 8.45. The molecule has 2 amide bonds. The lowest BCUT2D eigenvalue weighted by Gasteiger charge is -2.16. The van der Waals surface area contributed by atoms with Crippen molar-refractivity contribution < 1.29 is 9.59 Å². The second kappa shape index (κ2) is 11.7. The number of likely N-dealkylation sites (N-methyl/N-ethyl adjacent to an activating group) is 1. The maximum atomic E-state index is 12.9. The van der Waals surface area contributed by atoms with Crippen molar-refractivity contribution in [1.29, 1.82) is 0 Å². The molecule has 1 saturated heterocycles. The summed E-state index contributed by atoms with van der Waals surface area (Å²) in [6, 6.07) is 11.6. The van der Waals surface area contributed by atoms with Gasteiger partial charge in [0.2, 0.25) is 5.91 Å². The lowest BCUT2D eigenvalue weighted by atomic mass is 10.1. The van der Waals surface area contributed by atoms with Gasteiger partial charge in [-0.1, -0.05) is 25.1 Å². The molecule has 3 N–H and O–H groups in total. The number of aryl methyl sites for hydroxylation is 1. The Labute approximate surface area is 244 Å². The van der Waals surface area contributed by atoms with Crippen LogP contribution < -0.4 is 11.1 Å². The van der Waals surface area contributed by atoms with E-state index in [1.807, 2.05) is 39.9 Å². The van der Waals surface area contributed by atoms with Crippen LogP contribution >= 0.6 is 0 Å². The molecule has 4 heterocycles. The highest BCUT2D eigenvalue weighted by Gasteiger charge is 2.30. The Morgan fingerprint density at radius 1 is 1.12 bits per heavy atom. The molecular weight excluding hydrogens is 530 g/mol. The molecule has 2 fully saturated rings. The number of nitrogens with two attached hydrogens (primary N) is 1. The Balaban J connectivity index is 1.19. The fraction of sp³-hybridized carbons (Fsp3) is 0.355.